The van der Waals surface area contributed by atoms with E-state index in [9.17, 15) is 14.0 Å². The second-order valence-electron chi connectivity index (χ2n) is 5.87. The van der Waals surface area contributed by atoms with Crippen LogP contribution >= 0.6 is 11.3 Å². The monoisotopic (exact) mass is 359 g/mol. The van der Waals surface area contributed by atoms with Gasteiger partial charge in [-0.05, 0) is 38.5 Å². The Hall–Kier alpha value is -2.54. The number of fused-ring (bicyclic) bond motifs is 1. The number of amides is 1. The van der Waals surface area contributed by atoms with Crippen molar-refractivity contribution >= 4 is 28.1 Å². The number of nitrogens with zero attached hydrogens (tertiary/aromatic N) is 1. The Bertz CT molecular complexity index is 990. The summed E-state index contributed by atoms with van der Waals surface area (Å²) in [7, 11) is 0. The van der Waals surface area contributed by atoms with Crippen molar-refractivity contribution in [3.63, 3.8) is 0 Å². The summed E-state index contributed by atoms with van der Waals surface area (Å²) in [6.07, 6.45) is 0.674. The summed E-state index contributed by atoms with van der Waals surface area (Å²) in [5, 5.41) is 4.28. The molecule has 3 aromatic rings. The number of carbonyl (C=O) groups excluding carboxylic acids is 1. The molecule has 2 heterocycles. The number of hydrogen-bond donors (Lipinski definition) is 2. The highest BCUT2D eigenvalue weighted by Crippen LogP contribution is 2.25. The van der Waals surface area contributed by atoms with Crippen molar-refractivity contribution in [2.45, 2.75) is 33.2 Å². The predicted molar refractivity (Wildman–Crippen MR) is 96.6 cm³/mol. The van der Waals surface area contributed by atoms with Crippen LogP contribution < -0.4 is 10.9 Å². The average molecular weight is 359 g/mol. The van der Waals surface area contributed by atoms with Crippen LogP contribution in [0.2, 0.25) is 0 Å². The van der Waals surface area contributed by atoms with E-state index in [1.54, 1.807) is 11.3 Å². The first-order valence-corrected chi connectivity index (χ1v) is 8.78. The molecule has 0 saturated carbocycles. The predicted octanol–water partition coefficient (Wildman–Crippen LogP) is 3.62. The lowest BCUT2D eigenvalue weighted by Crippen LogP contribution is -2.29. The Morgan fingerprint density at radius 1 is 1.36 bits per heavy atom. The fraction of sp³-hybridized carbons (Fsp3) is 0.278. The van der Waals surface area contributed by atoms with Gasteiger partial charge in [-0.3, -0.25) is 9.59 Å². The molecule has 1 atom stereocenters. The van der Waals surface area contributed by atoms with Crippen LogP contribution in [-0.4, -0.2) is 15.9 Å². The minimum atomic E-state index is -0.471. The van der Waals surface area contributed by atoms with Crippen LogP contribution in [0.1, 0.15) is 45.3 Å². The largest absolute Gasteiger partial charge is 0.343 e. The van der Waals surface area contributed by atoms with Crippen molar-refractivity contribution in [2.75, 3.05) is 0 Å². The highest BCUT2D eigenvalue weighted by Gasteiger charge is 2.20. The van der Waals surface area contributed by atoms with Gasteiger partial charge in [-0.2, -0.15) is 0 Å². The molecule has 0 aliphatic carbocycles. The quantitative estimate of drug-likeness (QED) is 0.747. The Morgan fingerprint density at radius 3 is 2.76 bits per heavy atom. The Labute approximate surface area is 147 Å². The molecule has 1 aromatic carbocycles. The standard InChI is InChI=1S/C18H18FN3O2S/c1-4-14(18-20-9(2)10(3)25-18)22-17(24)13-8-16(23)21-15-7-11(19)5-6-12(13)15/h5-8,14H,4H2,1-3H3,(H,21,23)(H,22,24). The van der Waals surface area contributed by atoms with Gasteiger partial charge in [0.25, 0.3) is 5.91 Å². The number of H-pyrrole nitrogens is 1. The van der Waals surface area contributed by atoms with E-state index in [1.807, 2.05) is 20.8 Å². The van der Waals surface area contributed by atoms with Crippen molar-refractivity contribution in [2.24, 2.45) is 0 Å². The topological polar surface area (TPSA) is 74.8 Å². The minimum absolute atomic E-state index is 0.224. The van der Waals surface area contributed by atoms with Crippen LogP contribution in [0.5, 0.6) is 0 Å². The Balaban J connectivity index is 1.97. The van der Waals surface area contributed by atoms with Crippen LogP contribution in [-0.2, 0) is 0 Å². The molecule has 130 valence electrons. The SMILES string of the molecule is CCC(NC(=O)c1cc(=O)[nH]c2cc(F)ccc12)c1nc(C)c(C)s1. The number of pyridine rings is 1. The first kappa shape index (κ1) is 17.3. The molecule has 7 heteroatoms. The summed E-state index contributed by atoms with van der Waals surface area (Å²) in [5.41, 5.74) is 1.02. The molecular weight excluding hydrogens is 341 g/mol. The molecule has 2 N–H and O–H groups in total. The molecule has 5 nitrogen and oxygen atoms in total. The molecule has 0 radical (unpaired) electrons. The first-order valence-electron chi connectivity index (χ1n) is 7.96. The Kier molecular flexibility index (Phi) is 4.67. The van der Waals surface area contributed by atoms with Crippen LogP contribution in [0, 0.1) is 19.7 Å². The summed E-state index contributed by atoms with van der Waals surface area (Å²) in [4.78, 5) is 32.7. The van der Waals surface area contributed by atoms with E-state index in [0.717, 1.165) is 15.6 Å². The molecule has 1 unspecified atom stereocenters. The molecule has 0 aliphatic rings. The lowest BCUT2D eigenvalue weighted by Gasteiger charge is -2.15. The molecular formula is C18H18FN3O2S. The zero-order valence-electron chi connectivity index (χ0n) is 14.1. The number of aromatic amines is 1. The van der Waals surface area contributed by atoms with Crippen LogP contribution in [0.3, 0.4) is 0 Å². The van der Waals surface area contributed by atoms with E-state index in [2.05, 4.69) is 15.3 Å². The number of hydrogen-bond acceptors (Lipinski definition) is 4. The molecule has 3 rings (SSSR count). The Morgan fingerprint density at radius 2 is 2.12 bits per heavy atom. The molecule has 0 spiro atoms. The number of benzene rings is 1. The van der Waals surface area contributed by atoms with Gasteiger partial charge in [-0.1, -0.05) is 6.92 Å². The zero-order chi connectivity index (χ0) is 18.1. The molecule has 2 aromatic heterocycles. The summed E-state index contributed by atoms with van der Waals surface area (Å²) in [6, 6.07) is 4.97. The highest BCUT2D eigenvalue weighted by molar-refractivity contribution is 7.11. The molecule has 0 bridgehead atoms. The number of halogens is 1. The maximum absolute atomic E-state index is 13.4. The fourth-order valence-corrected chi connectivity index (χ4v) is 3.70. The molecule has 0 fully saturated rings. The summed E-state index contributed by atoms with van der Waals surface area (Å²) >= 11 is 1.55. The molecule has 0 saturated heterocycles. The van der Waals surface area contributed by atoms with Gasteiger partial charge in [0.2, 0.25) is 5.56 Å². The van der Waals surface area contributed by atoms with E-state index >= 15 is 0 Å². The van der Waals surface area contributed by atoms with Gasteiger partial charge in [-0.25, -0.2) is 9.37 Å². The normalized spacial score (nSPS) is 12.3. The van der Waals surface area contributed by atoms with Gasteiger partial charge in [-0.15, -0.1) is 11.3 Å². The summed E-state index contributed by atoms with van der Waals surface area (Å²) in [6.45, 7) is 5.88. The van der Waals surface area contributed by atoms with Crippen molar-refractivity contribution < 1.29 is 9.18 Å². The average Bonchev–Trinajstić information content (AvgIpc) is 2.90. The summed E-state index contributed by atoms with van der Waals surface area (Å²) < 4.78 is 13.4. The van der Waals surface area contributed by atoms with Crippen LogP contribution in [0.25, 0.3) is 10.9 Å². The lowest BCUT2D eigenvalue weighted by atomic mass is 10.1. The molecule has 1 amide bonds. The third-order valence-electron chi connectivity index (χ3n) is 4.11. The highest BCUT2D eigenvalue weighted by atomic mass is 32.1. The van der Waals surface area contributed by atoms with E-state index in [-0.39, 0.29) is 17.5 Å². The smallest absolute Gasteiger partial charge is 0.252 e. The van der Waals surface area contributed by atoms with Crippen molar-refractivity contribution in [1.82, 2.24) is 15.3 Å². The van der Waals surface area contributed by atoms with Gasteiger partial charge in [0.15, 0.2) is 0 Å². The molecule has 0 aliphatic heterocycles. The second kappa shape index (κ2) is 6.76. The zero-order valence-corrected chi connectivity index (χ0v) is 15.0. The summed E-state index contributed by atoms with van der Waals surface area (Å²) in [5.74, 6) is -0.846. The van der Waals surface area contributed by atoms with Gasteiger partial charge in [0.1, 0.15) is 10.8 Å². The van der Waals surface area contributed by atoms with Gasteiger partial charge in [0.05, 0.1) is 22.8 Å². The third-order valence-corrected chi connectivity index (χ3v) is 5.29. The number of aromatic nitrogens is 2. The lowest BCUT2D eigenvalue weighted by molar-refractivity contribution is 0.0937. The number of nitrogens with one attached hydrogen (secondary N) is 2. The van der Waals surface area contributed by atoms with E-state index < -0.39 is 11.4 Å². The van der Waals surface area contributed by atoms with E-state index in [0.29, 0.717) is 17.3 Å². The number of thiazole rings is 1. The van der Waals surface area contributed by atoms with Crippen LogP contribution in [0.15, 0.2) is 29.1 Å². The van der Waals surface area contributed by atoms with Gasteiger partial charge in [0, 0.05) is 16.3 Å². The van der Waals surface area contributed by atoms with Crippen LogP contribution in [0.4, 0.5) is 4.39 Å². The second-order valence-corrected chi connectivity index (χ2v) is 7.10. The van der Waals surface area contributed by atoms with E-state index in [1.165, 1.54) is 24.3 Å². The number of carbonyl (C=O) groups is 1. The van der Waals surface area contributed by atoms with E-state index in [4.69, 9.17) is 0 Å². The minimum Gasteiger partial charge on any atom is -0.343 e. The first-order chi connectivity index (χ1) is 11.9. The number of aryl methyl sites for hydroxylation is 2. The van der Waals surface area contributed by atoms with Crippen molar-refractivity contribution in [1.29, 1.82) is 0 Å². The van der Waals surface area contributed by atoms with Gasteiger partial charge >= 0.3 is 0 Å². The van der Waals surface area contributed by atoms with Gasteiger partial charge < -0.3 is 10.3 Å². The van der Waals surface area contributed by atoms with Crippen molar-refractivity contribution in [3.8, 4) is 0 Å². The maximum atomic E-state index is 13.4. The maximum Gasteiger partial charge on any atom is 0.252 e. The molecule has 25 heavy (non-hydrogen) atoms. The third kappa shape index (κ3) is 3.46. The fourth-order valence-electron chi connectivity index (χ4n) is 2.64. The van der Waals surface area contributed by atoms with Crippen molar-refractivity contribution in [3.05, 3.63) is 61.6 Å². The number of rotatable bonds is 4.